The summed E-state index contributed by atoms with van der Waals surface area (Å²) in [4.78, 5) is 0. The van der Waals surface area contributed by atoms with Crippen LogP contribution in [0.4, 0.5) is 4.39 Å². The van der Waals surface area contributed by atoms with Crippen LogP contribution >= 0.6 is 0 Å². The number of ether oxygens (including phenoxy) is 1. The summed E-state index contributed by atoms with van der Waals surface area (Å²) in [5, 5.41) is 13.1. The van der Waals surface area contributed by atoms with Crippen molar-refractivity contribution in [3.8, 4) is 5.75 Å². The second-order valence-corrected chi connectivity index (χ2v) is 6.11. The lowest BCUT2D eigenvalue weighted by molar-refractivity contribution is 0.0645. The van der Waals surface area contributed by atoms with Gasteiger partial charge in [-0.2, -0.15) is 0 Å². The van der Waals surface area contributed by atoms with Crippen molar-refractivity contribution < 1.29 is 14.2 Å². The molecule has 1 aromatic rings. The molecule has 0 saturated heterocycles. The fourth-order valence-electron chi connectivity index (χ4n) is 2.64. The molecule has 3 nitrogen and oxygen atoms in total. The van der Waals surface area contributed by atoms with Crippen LogP contribution in [0, 0.1) is 5.82 Å². The number of hydrogen-bond donors (Lipinski definition) is 2. The van der Waals surface area contributed by atoms with E-state index in [4.69, 9.17) is 4.74 Å². The smallest absolute Gasteiger partial charge is 0.127 e. The molecule has 2 N–H and O–H groups in total. The Hall–Kier alpha value is -1.13. The topological polar surface area (TPSA) is 41.5 Å². The molecule has 4 heteroatoms. The first-order chi connectivity index (χ1) is 9.41. The molecule has 2 atom stereocenters. The molecule has 0 radical (unpaired) electrons. The highest BCUT2D eigenvalue weighted by Crippen LogP contribution is 2.39. The quantitative estimate of drug-likeness (QED) is 0.871. The maximum atomic E-state index is 13.3. The Morgan fingerprint density at radius 1 is 1.50 bits per heavy atom. The van der Waals surface area contributed by atoms with Gasteiger partial charge >= 0.3 is 0 Å². The molecule has 1 heterocycles. The zero-order chi connectivity index (χ0) is 14.8. The third-order valence-electron chi connectivity index (χ3n) is 3.77. The van der Waals surface area contributed by atoms with E-state index >= 15 is 0 Å². The molecular formula is C16H24FNO2. The number of nitrogens with one attached hydrogen (secondary N) is 1. The molecular weight excluding hydrogens is 257 g/mol. The first kappa shape index (κ1) is 15.3. The van der Waals surface area contributed by atoms with E-state index in [9.17, 15) is 9.50 Å². The Morgan fingerprint density at radius 2 is 2.25 bits per heavy atom. The van der Waals surface area contributed by atoms with Gasteiger partial charge in [-0.15, -0.1) is 0 Å². The molecule has 0 bridgehead atoms. The van der Waals surface area contributed by atoms with Crippen LogP contribution in [0.5, 0.6) is 5.75 Å². The Kier molecular flexibility index (Phi) is 4.66. The van der Waals surface area contributed by atoms with E-state index in [0.29, 0.717) is 5.75 Å². The Bertz CT molecular complexity index is 462. The van der Waals surface area contributed by atoms with Crippen molar-refractivity contribution in [3.05, 3.63) is 29.6 Å². The number of benzene rings is 1. The molecule has 0 fully saturated rings. The molecule has 20 heavy (non-hydrogen) atoms. The van der Waals surface area contributed by atoms with E-state index in [2.05, 4.69) is 5.32 Å². The molecule has 0 aromatic heterocycles. The highest BCUT2D eigenvalue weighted by atomic mass is 19.1. The number of aliphatic hydroxyl groups is 1. The van der Waals surface area contributed by atoms with Crippen molar-refractivity contribution in [1.82, 2.24) is 5.32 Å². The third kappa shape index (κ3) is 3.70. The summed E-state index contributed by atoms with van der Waals surface area (Å²) < 4.78 is 19.2. The molecule has 1 aliphatic heterocycles. The van der Waals surface area contributed by atoms with Crippen LogP contribution < -0.4 is 10.1 Å². The van der Waals surface area contributed by atoms with Gasteiger partial charge in [0.15, 0.2) is 0 Å². The predicted molar refractivity (Wildman–Crippen MR) is 77.4 cm³/mol. The Balaban J connectivity index is 2.09. The number of hydrogen-bond acceptors (Lipinski definition) is 3. The van der Waals surface area contributed by atoms with Gasteiger partial charge in [-0.3, -0.25) is 0 Å². The van der Waals surface area contributed by atoms with Crippen molar-refractivity contribution in [2.75, 3.05) is 6.54 Å². The van der Waals surface area contributed by atoms with Crippen LogP contribution in [0.25, 0.3) is 0 Å². The first-order valence-electron chi connectivity index (χ1n) is 7.31. The molecule has 0 aliphatic carbocycles. The van der Waals surface area contributed by atoms with Gasteiger partial charge in [-0.25, -0.2) is 4.39 Å². The van der Waals surface area contributed by atoms with E-state index in [-0.39, 0.29) is 23.6 Å². The van der Waals surface area contributed by atoms with Gasteiger partial charge in [0.1, 0.15) is 17.2 Å². The average Bonchev–Trinajstić information content (AvgIpc) is 2.36. The zero-order valence-corrected chi connectivity index (χ0v) is 12.4. The highest BCUT2D eigenvalue weighted by Gasteiger charge is 2.33. The number of halogens is 1. The van der Waals surface area contributed by atoms with Crippen molar-refractivity contribution >= 4 is 0 Å². The minimum Gasteiger partial charge on any atom is -0.487 e. The minimum atomic E-state index is -0.318. The first-order valence-corrected chi connectivity index (χ1v) is 7.31. The van der Waals surface area contributed by atoms with Gasteiger partial charge < -0.3 is 15.2 Å². The number of rotatable bonds is 5. The van der Waals surface area contributed by atoms with Gasteiger partial charge in [-0.1, -0.05) is 13.0 Å². The molecule has 0 saturated carbocycles. The Labute approximate surface area is 120 Å². The summed E-state index contributed by atoms with van der Waals surface area (Å²) in [5.41, 5.74) is 0.679. The number of fused-ring (bicyclic) bond motifs is 1. The van der Waals surface area contributed by atoms with E-state index in [1.807, 2.05) is 20.8 Å². The molecule has 112 valence electrons. The maximum Gasteiger partial charge on any atom is 0.127 e. The van der Waals surface area contributed by atoms with Gasteiger partial charge in [0, 0.05) is 24.1 Å². The average molecular weight is 281 g/mol. The summed E-state index contributed by atoms with van der Waals surface area (Å²) in [6.07, 6.45) is 2.06. The van der Waals surface area contributed by atoms with Crippen molar-refractivity contribution in [2.45, 2.75) is 57.8 Å². The van der Waals surface area contributed by atoms with Crippen molar-refractivity contribution in [3.63, 3.8) is 0 Å². The fraction of sp³-hybridized carbons (Fsp3) is 0.625. The summed E-state index contributed by atoms with van der Waals surface area (Å²) in [7, 11) is 0. The van der Waals surface area contributed by atoms with E-state index in [1.54, 1.807) is 6.07 Å². The van der Waals surface area contributed by atoms with E-state index < -0.39 is 0 Å². The summed E-state index contributed by atoms with van der Waals surface area (Å²) in [6, 6.07) is 4.84. The second kappa shape index (κ2) is 6.10. The summed E-state index contributed by atoms with van der Waals surface area (Å²) >= 11 is 0. The van der Waals surface area contributed by atoms with Crippen LogP contribution in [0.3, 0.4) is 0 Å². The molecule has 2 rings (SSSR count). The standard InChI is InChI=1S/C16H24FNO2/c1-4-12(19)7-8-18-14-10-16(2,3)20-15-9-11(17)5-6-13(14)15/h5-6,9,12,14,18-19H,4,7-8,10H2,1-3H3. The van der Waals surface area contributed by atoms with E-state index in [1.165, 1.54) is 12.1 Å². The van der Waals surface area contributed by atoms with Crippen molar-refractivity contribution in [2.24, 2.45) is 0 Å². The molecule has 1 aliphatic rings. The molecule has 1 aromatic carbocycles. The van der Waals surface area contributed by atoms with Crippen LogP contribution in [0.15, 0.2) is 18.2 Å². The fourth-order valence-corrected chi connectivity index (χ4v) is 2.64. The summed E-state index contributed by atoms with van der Waals surface area (Å²) in [6.45, 7) is 6.74. The van der Waals surface area contributed by atoms with Crippen molar-refractivity contribution in [1.29, 1.82) is 0 Å². The van der Waals surface area contributed by atoms with Gasteiger partial charge in [-0.05, 0) is 39.3 Å². The van der Waals surface area contributed by atoms with E-state index in [0.717, 1.165) is 31.4 Å². The number of aliphatic hydroxyl groups excluding tert-OH is 1. The molecule has 0 amide bonds. The monoisotopic (exact) mass is 281 g/mol. The zero-order valence-electron chi connectivity index (χ0n) is 12.4. The van der Waals surface area contributed by atoms with Gasteiger partial charge in [0.25, 0.3) is 0 Å². The molecule has 0 spiro atoms. The normalized spacial score (nSPS) is 21.9. The lowest BCUT2D eigenvalue weighted by atomic mass is 9.89. The van der Waals surface area contributed by atoms with Crippen LogP contribution in [0.1, 0.15) is 51.6 Å². The summed E-state index contributed by atoms with van der Waals surface area (Å²) in [5.74, 6) is 0.344. The highest BCUT2D eigenvalue weighted by molar-refractivity contribution is 5.39. The minimum absolute atomic E-state index is 0.137. The van der Waals surface area contributed by atoms with Gasteiger partial charge in [0.05, 0.1) is 6.10 Å². The third-order valence-corrected chi connectivity index (χ3v) is 3.77. The Morgan fingerprint density at radius 3 is 2.95 bits per heavy atom. The lowest BCUT2D eigenvalue weighted by Gasteiger charge is -2.38. The largest absolute Gasteiger partial charge is 0.487 e. The van der Waals surface area contributed by atoms with Gasteiger partial charge in [0.2, 0.25) is 0 Å². The second-order valence-electron chi connectivity index (χ2n) is 6.11. The lowest BCUT2D eigenvalue weighted by Crippen LogP contribution is -2.40. The maximum absolute atomic E-state index is 13.3. The predicted octanol–water partition coefficient (Wildman–Crippen LogP) is 3.18. The van der Waals surface area contributed by atoms with Crippen LogP contribution in [-0.4, -0.2) is 23.4 Å². The SMILES string of the molecule is CCC(O)CCNC1CC(C)(C)Oc2cc(F)ccc21. The van der Waals surface area contributed by atoms with Crippen LogP contribution in [0.2, 0.25) is 0 Å². The molecule has 2 unspecified atom stereocenters. The van der Waals surface area contributed by atoms with Crippen LogP contribution in [-0.2, 0) is 0 Å².